The molecule has 1 aliphatic carbocycles. The number of aryl methyl sites for hydroxylation is 1. The van der Waals surface area contributed by atoms with Crippen molar-refractivity contribution < 1.29 is 4.79 Å². The lowest BCUT2D eigenvalue weighted by Crippen LogP contribution is -2.19. The van der Waals surface area contributed by atoms with Crippen LogP contribution >= 0.6 is 0 Å². The second-order valence-corrected chi connectivity index (χ2v) is 7.50. The van der Waals surface area contributed by atoms with Crippen LogP contribution in [-0.2, 0) is 17.8 Å². The summed E-state index contributed by atoms with van der Waals surface area (Å²) in [5, 5.41) is 11.2. The topological polar surface area (TPSA) is 59.8 Å². The number of rotatable bonds is 5. The number of anilines is 1. The average Bonchev–Trinajstić information content (AvgIpc) is 3.31. The van der Waals surface area contributed by atoms with Crippen LogP contribution in [0.15, 0.2) is 30.6 Å². The molecule has 0 spiro atoms. The first-order valence-corrected chi connectivity index (χ1v) is 9.54. The molecule has 1 saturated carbocycles. The first kappa shape index (κ1) is 16.3. The van der Waals surface area contributed by atoms with Crippen LogP contribution in [0.3, 0.4) is 0 Å². The number of benzene rings is 1. The Bertz CT molecular complexity index is 733. The monoisotopic (exact) mass is 338 g/mol. The van der Waals surface area contributed by atoms with Crippen LogP contribution < -0.4 is 5.32 Å². The van der Waals surface area contributed by atoms with Gasteiger partial charge >= 0.3 is 0 Å². The van der Waals surface area contributed by atoms with Crippen molar-refractivity contribution in [1.29, 1.82) is 0 Å². The molecule has 0 saturated heterocycles. The zero-order valence-electron chi connectivity index (χ0n) is 14.7. The number of hydrogen-bond donors (Lipinski definition) is 1. The second-order valence-electron chi connectivity index (χ2n) is 7.50. The molecule has 2 aliphatic rings. The van der Waals surface area contributed by atoms with Crippen LogP contribution in [0.1, 0.15) is 62.3 Å². The molecule has 0 unspecified atom stereocenters. The van der Waals surface area contributed by atoms with Crippen LogP contribution in [0, 0.1) is 5.92 Å². The smallest absolute Gasteiger partial charge is 0.224 e. The highest BCUT2D eigenvalue weighted by atomic mass is 16.1. The van der Waals surface area contributed by atoms with Gasteiger partial charge in [-0.3, -0.25) is 4.79 Å². The van der Waals surface area contributed by atoms with E-state index in [1.807, 2.05) is 18.5 Å². The largest absolute Gasteiger partial charge is 0.326 e. The van der Waals surface area contributed by atoms with E-state index >= 15 is 0 Å². The summed E-state index contributed by atoms with van der Waals surface area (Å²) in [6.07, 6.45) is 10.8. The van der Waals surface area contributed by atoms with E-state index in [1.54, 1.807) is 0 Å². The molecule has 132 valence electrons. The number of carbonyl (C=O) groups excluding carboxylic acids is 1. The van der Waals surface area contributed by atoms with Crippen molar-refractivity contribution in [2.75, 3.05) is 5.32 Å². The highest BCUT2D eigenvalue weighted by Crippen LogP contribution is 2.30. The van der Waals surface area contributed by atoms with Gasteiger partial charge in [-0.05, 0) is 36.5 Å². The van der Waals surface area contributed by atoms with Crippen molar-refractivity contribution >= 4 is 11.6 Å². The van der Waals surface area contributed by atoms with Crippen molar-refractivity contribution in [2.45, 2.75) is 63.8 Å². The third kappa shape index (κ3) is 3.91. The van der Waals surface area contributed by atoms with Crippen molar-refractivity contribution in [2.24, 2.45) is 5.92 Å². The van der Waals surface area contributed by atoms with Gasteiger partial charge < -0.3 is 9.88 Å². The molecule has 5 heteroatoms. The van der Waals surface area contributed by atoms with Gasteiger partial charge in [-0.25, -0.2) is 0 Å². The lowest BCUT2D eigenvalue weighted by molar-refractivity contribution is -0.116. The van der Waals surface area contributed by atoms with E-state index in [9.17, 15) is 4.79 Å². The number of aromatic nitrogens is 3. The quantitative estimate of drug-likeness (QED) is 0.899. The van der Waals surface area contributed by atoms with E-state index in [0.29, 0.717) is 12.3 Å². The minimum atomic E-state index is 0.147. The fraction of sp³-hybridized carbons (Fsp3) is 0.550. The second kappa shape index (κ2) is 7.38. The Morgan fingerprint density at radius 3 is 3.00 bits per heavy atom. The fourth-order valence-electron chi connectivity index (χ4n) is 4.26. The zero-order chi connectivity index (χ0) is 17.1. The molecule has 1 amide bonds. The number of hydrogen-bond acceptors (Lipinski definition) is 3. The SMILES string of the molecule is O=C(CCC1CCCC1)Nc1cccc([C@H]2CCc3nncn3C2)c1. The minimum Gasteiger partial charge on any atom is -0.326 e. The van der Waals surface area contributed by atoms with Crippen LogP contribution in [-0.4, -0.2) is 20.7 Å². The first-order valence-electron chi connectivity index (χ1n) is 9.54. The summed E-state index contributed by atoms with van der Waals surface area (Å²) in [5.74, 6) is 2.44. The molecule has 25 heavy (non-hydrogen) atoms. The highest BCUT2D eigenvalue weighted by molar-refractivity contribution is 5.90. The number of fused-ring (bicyclic) bond motifs is 1. The molecule has 1 N–H and O–H groups in total. The van der Waals surface area contributed by atoms with Crippen LogP contribution in [0.5, 0.6) is 0 Å². The summed E-state index contributed by atoms with van der Waals surface area (Å²) in [4.78, 5) is 12.3. The third-order valence-electron chi connectivity index (χ3n) is 5.73. The van der Waals surface area contributed by atoms with Gasteiger partial charge in [0, 0.05) is 31.0 Å². The molecular weight excluding hydrogens is 312 g/mol. The molecule has 1 atom stereocenters. The van der Waals surface area contributed by atoms with Gasteiger partial charge in [0.2, 0.25) is 5.91 Å². The van der Waals surface area contributed by atoms with Crippen LogP contribution in [0.4, 0.5) is 5.69 Å². The van der Waals surface area contributed by atoms with Crippen molar-refractivity contribution in [3.63, 3.8) is 0 Å². The maximum absolute atomic E-state index is 12.3. The number of carbonyl (C=O) groups is 1. The van der Waals surface area contributed by atoms with Gasteiger partial charge in [0.05, 0.1) is 0 Å². The summed E-state index contributed by atoms with van der Waals surface area (Å²) in [7, 11) is 0. The van der Waals surface area contributed by atoms with Crippen LogP contribution in [0.2, 0.25) is 0 Å². The third-order valence-corrected chi connectivity index (χ3v) is 5.73. The normalized spacial score (nSPS) is 20.4. The van der Waals surface area contributed by atoms with E-state index in [2.05, 4.69) is 32.2 Å². The molecular formula is C20H26N4O. The van der Waals surface area contributed by atoms with Gasteiger partial charge in [0.25, 0.3) is 0 Å². The first-order chi connectivity index (χ1) is 12.3. The summed E-state index contributed by atoms with van der Waals surface area (Å²) in [5.41, 5.74) is 2.21. The molecule has 1 fully saturated rings. The van der Waals surface area contributed by atoms with Gasteiger partial charge in [-0.2, -0.15) is 0 Å². The Morgan fingerprint density at radius 2 is 2.12 bits per heavy atom. The summed E-state index contributed by atoms with van der Waals surface area (Å²) >= 11 is 0. The minimum absolute atomic E-state index is 0.147. The lowest BCUT2D eigenvalue weighted by Gasteiger charge is -2.23. The summed E-state index contributed by atoms with van der Waals surface area (Å²) < 4.78 is 2.14. The van der Waals surface area contributed by atoms with E-state index in [-0.39, 0.29) is 5.91 Å². The number of nitrogens with one attached hydrogen (secondary N) is 1. The maximum atomic E-state index is 12.3. The predicted octanol–water partition coefficient (Wildman–Crippen LogP) is 3.92. The Morgan fingerprint density at radius 1 is 1.24 bits per heavy atom. The van der Waals surface area contributed by atoms with Crippen LogP contribution in [0.25, 0.3) is 0 Å². The predicted molar refractivity (Wildman–Crippen MR) is 97.3 cm³/mol. The Kier molecular flexibility index (Phi) is 4.81. The average molecular weight is 338 g/mol. The molecule has 0 radical (unpaired) electrons. The van der Waals surface area contributed by atoms with Gasteiger partial charge in [0.1, 0.15) is 12.2 Å². The summed E-state index contributed by atoms with van der Waals surface area (Å²) in [6.45, 7) is 0.918. The lowest BCUT2D eigenvalue weighted by atomic mass is 9.91. The molecule has 0 bridgehead atoms. The maximum Gasteiger partial charge on any atom is 0.224 e. The van der Waals surface area contributed by atoms with Gasteiger partial charge in [0.15, 0.2) is 0 Å². The Balaban J connectivity index is 1.35. The van der Waals surface area contributed by atoms with Gasteiger partial charge in [-0.1, -0.05) is 37.8 Å². The van der Waals surface area contributed by atoms with E-state index in [1.165, 1.54) is 31.2 Å². The van der Waals surface area contributed by atoms with Gasteiger partial charge in [-0.15, -0.1) is 10.2 Å². The van der Waals surface area contributed by atoms with E-state index in [0.717, 1.165) is 43.2 Å². The number of amides is 1. The Labute approximate surface area is 148 Å². The Hall–Kier alpha value is -2.17. The van der Waals surface area contributed by atoms with Crippen molar-refractivity contribution in [1.82, 2.24) is 14.8 Å². The molecule has 1 aromatic heterocycles. The summed E-state index contributed by atoms with van der Waals surface area (Å²) in [6, 6.07) is 8.33. The molecule has 4 rings (SSSR count). The molecule has 2 aromatic rings. The molecule has 1 aromatic carbocycles. The standard InChI is InChI=1S/C20H26N4O/c25-20(11-8-15-4-1-2-5-15)22-18-7-3-6-16(12-18)17-9-10-19-23-21-14-24(19)13-17/h3,6-7,12,14-15,17H,1-2,4-5,8-11,13H2,(H,22,25)/t17-/m0/s1. The van der Waals surface area contributed by atoms with E-state index < -0.39 is 0 Å². The zero-order valence-corrected chi connectivity index (χ0v) is 14.7. The van der Waals surface area contributed by atoms with Crippen molar-refractivity contribution in [3.8, 4) is 0 Å². The molecule has 5 nitrogen and oxygen atoms in total. The van der Waals surface area contributed by atoms with E-state index in [4.69, 9.17) is 0 Å². The fourth-order valence-corrected chi connectivity index (χ4v) is 4.26. The van der Waals surface area contributed by atoms with Crippen molar-refractivity contribution in [3.05, 3.63) is 42.0 Å². The number of nitrogens with zero attached hydrogens (tertiary/aromatic N) is 3. The highest BCUT2D eigenvalue weighted by Gasteiger charge is 2.21. The molecule has 2 heterocycles. The molecule has 1 aliphatic heterocycles.